The van der Waals surface area contributed by atoms with Gasteiger partial charge in [-0.2, -0.15) is 0 Å². The van der Waals surface area contributed by atoms with Crippen LogP contribution in [-0.2, 0) is 6.54 Å². The fourth-order valence-corrected chi connectivity index (χ4v) is 1.65. The minimum atomic E-state index is -0.0445. The van der Waals surface area contributed by atoms with Gasteiger partial charge in [0.1, 0.15) is 0 Å². The van der Waals surface area contributed by atoms with E-state index in [0.29, 0.717) is 12.4 Å². The molecule has 0 aliphatic carbocycles. The van der Waals surface area contributed by atoms with Crippen molar-refractivity contribution in [2.45, 2.75) is 39.2 Å². The van der Waals surface area contributed by atoms with Crippen LogP contribution in [0.15, 0.2) is 17.2 Å². The molecule has 3 N–H and O–H groups in total. The van der Waals surface area contributed by atoms with Gasteiger partial charge in [0.05, 0.1) is 0 Å². The summed E-state index contributed by atoms with van der Waals surface area (Å²) in [6.45, 7) is 4.17. The van der Waals surface area contributed by atoms with E-state index in [1.165, 1.54) is 0 Å². The summed E-state index contributed by atoms with van der Waals surface area (Å²) < 4.78 is 1.64. The lowest BCUT2D eigenvalue weighted by molar-refractivity contribution is 0.659. The molecular formula is C12H22N4O. The zero-order valence-corrected chi connectivity index (χ0v) is 10.5. The number of nitrogens with zero attached hydrogens (tertiary/aromatic N) is 2. The van der Waals surface area contributed by atoms with Crippen LogP contribution in [0.4, 0.5) is 5.82 Å². The van der Waals surface area contributed by atoms with Crippen LogP contribution in [0.2, 0.25) is 0 Å². The van der Waals surface area contributed by atoms with Crippen LogP contribution in [0, 0.1) is 0 Å². The fraction of sp³-hybridized carbons (Fsp3) is 0.667. The summed E-state index contributed by atoms with van der Waals surface area (Å²) in [6, 6.07) is 0. The second-order valence-corrected chi connectivity index (χ2v) is 4.00. The van der Waals surface area contributed by atoms with Crippen molar-refractivity contribution in [2.24, 2.45) is 5.73 Å². The van der Waals surface area contributed by atoms with E-state index in [-0.39, 0.29) is 5.56 Å². The SMILES string of the molecule is CCn1ccnc(NCCCCCCN)c1=O. The molecule has 0 unspecified atom stereocenters. The highest BCUT2D eigenvalue weighted by Crippen LogP contribution is 1.99. The molecule has 0 saturated carbocycles. The first kappa shape index (κ1) is 13.7. The van der Waals surface area contributed by atoms with Gasteiger partial charge in [-0.05, 0) is 26.3 Å². The van der Waals surface area contributed by atoms with Gasteiger partial charge in [-0.15, -0.1) is 0 Å². The first-order chi connectivity index (χ1) is 8.29. The van der Waals surface area contributed by atoms with Gasteiger partial charge in [-0.3, -0.25) is 4.79 Å². The van der Waals surface area contributed by atoms with Crippen LogP contribution < -0.4 is 16.6 Å². The molecule has 0 aromatic carbocycles. The van der Waals surface area contributed by atoms with Crippen LogP contribution in [0.5, 0.6) is 0 Å². The lowest BCUT2D eigenvalue weighted by Crippen LogP contribution is -2.24. The predicted octanol–water partition coefficient (Wildman–Crippen LogP) is 1.19. The fourth-order valence-electron chi connectivity index (χ4n) is 1.65. The molecule has 96 valence electrons. The molecule has 0 amide bonds. The van der Waals surface area contributed by atoms with Crippen molar-refractivity contribution in [3.8, 4) is 0 Å². The molecule has 1 heterocycles. The van der Waals surface area contributed by atoms with Crippen molar-refractivity contribution < 1.29 is 0 Å². The summed E-state index contributed by atoms with van der Waals surface area (Å²) in [5, 5.41) is 3.09. The molecule has 5 nitrogen and oxygen atoms in total. The minimum Gasteiger partial charge on any atom is -0.365 e. The maximum atomic E-state index is 11.8. The number of hydrogen-bond donors (Lipinski definition) is 2. The second kappa shape index (κ2) is 7.84. The van der Waals surface area contributed by atoms with Crippen LogP contribution in [0.25, 0.3) is 0 Å². The highest BCUT2D eigenvalue weighted by atomic mass is 16.1. The molecule has 0 aliphatic heterocycles. The van der Waals surface area contributed by atoms with Gasteiger partial charge in [-0.1, -0.05) is 12.8 Å². The lowest BCUT2D eigenvalue weighted by atomic mass is 10.2. The number of nitrogens with one attached hydrogen (secondary N) is 1. The highest BCUT2D eigenvalue weighted by Gasteiger charge is 2.01. The third kappa shape index (κ3) is 4.56. The number of unbranched alkanes of at least 4 members (excludes halogenated alkanes) is 3. The molecule has 0 saturated heterocycles. The van der Waals surface area contributed by atoms with Gasteiger partial charge < -0.3 is 15.6 Å². The first-order valence-corrected chi connectivity index (χ1v) is 6.29. The van der Waals surface area contributed by atoms with Crippen molar-refractivity contribution in [3.05, 3.63) is 22.7 Å². The van der Waals surface area contributed by atoms with E-state index in [1.807, 2.05) is 6.92 Å². The Bertz CT molecular complexity index is 375. The third-order valence-electron chi connectivity index (χ3n) is 2.68. The zero-order valence-electron chi connectivity index (χ0n) is 10.5. The molecule has 0 radical (unpaired) electrons. The molecule has 5 heteroatoms. The highest BCUT2D eigenvalue weighted by molar-refractivity contribution is 5.30. The minimum absolute atomic E-state index is 0.0445. The lowest BCUT2D eigenvalue weighted by Gasteiger charge is -2.07. The molecular weight excluding hydrogens is 216 g/mol. The van der Waals surface area contributed by atoms with Gasteiger partial charge in [0, 0.05) is 25.5 Å². The first-order valence-electron chi connectivity index (χ1n) is 6.29. The average Bonchev–Trinajstić information content (AvgIpc) is 2.35. The maximum Gasteiger partial charge on any atom is 0.293 e. The van der Waals surface area contributed by atoms with E-state index in [9.17, 15) is 4.79 Å². The molecule has 0 spiro atoms. The summed E-state index contributed by atoms with van der Waals surface area (Å²) in [4.78, 5) is 15.8. The van der Waals surface area contributed by atoms with Crippen LogP contribution in [0.1, 0.15) is 32.6 Å². The molecule has 0 fully saturated rings. The average molecular weight is 238 g/mol. The van der Waals surface area contributed by atoms with E-state index < -0.39 is 0 Å². The van der Waals surface area contributed by atoms with E-state index in [0.717, 1.165) is 38.8 Å². The number of rotatable bonds is 8. The molecule has 1 aromatic heterocycles. The van der Waals surface area contributed by atoms with Gasteiger partial charge >= 0.3 is 0 Å². The summed E-state index contributed by atoms with van der Waals surface area (Å²) in [6.07, 6.45) is 7.77. The number of nitrogens with two attached hydrogens (primary N) is 1. The van der Waals surface area contributed by atoms with Crippen molar-refractivity contribution >= 4 is 5.82 Å². The Morgan fingerprint density at radius 3 is 2.82 bits per heavy atom. The molecule has 1 rings (SSSR count). The van der Waals surface area contributed by atoms with Crippen molar-refractivity contribution in [1.29, 1.82) is 0 Å². The third-order valence-corrected chi connectivity index (χ3v) is 2.68. The summed E-state index contributed by atoms with van der Waals surface area (Å²) in [5.41, 5.74) is 5.37. The molecule has 1 aromatic rings. The van der Waals surface area contributed by atoms with E-state index in [1.54, 1.807) is 17.0 Å². The summed E-state index contributed by atoms with van der Waals surface area (Å²) in [5.74, 6) is 0.452. The van der Waals surface area contributed by atoms with Crippen LogP contribution in [0.3, 0.4) is 0 Å². The number of aromatic nitrogens is 2. The Kier molecular flexibility index (Phi) is 6.32. The Morgan fingerprint density at radius 2 is 2.12 bits per heavy atom. The Morgan fingerprint density at radius 1 is 1.35 bits per heavy atom. The van der Waals surface area contributed by atoms with Gasteiger partial charge in [0.2, 0.25) is 0 Å². The Hall–Kier alpha value is -1.36. The van der Waals surface area contributed by atoms with Gasteiger partial charge in [0.15, 0.2) is 5.82 Å². The Labute approximate surface area is 102 Å². The number of aryl methyl sites for hydroxylation is 1. The molecule has 0 atom stereocenters. The van der Waals surface area contributed by atoms with Crippen LogP contribution in [-0.4, -0.2) is 22.6 Å². The number of hydrogen-bond acceptors (Lipinski definition) is 4. The maximum absolute atomic E-state index is 11.8. The Balaban J connectivity index is 2.34. The molecule has 0 aliphatic rings. The van der Waals surface area contributed by atoms with E-state index >= 15 is 0 Å². The van der Waals surface area contributed by atoms with Crippen molar-refractivity contribution in [2.75, 3.05) is 18.4 Å². The zero-order chi connectivity index (χ0) is 12.5. The molecule has 17 heavy (non-hydrogen) atoms. The monoisotopic (exact) mass is 238 g/mol. The van der Waals surface area contributed by atoms with E-state index in [2.05, 4.69) is 10.3 Å². The normalized spacial score (nSPS) is 10.5. The van der Waals surface area contributed by atoms with E-state index in [4.69, 9.17) is 5.73 Å². The second-order valence-electron chi connectivity index (χ2n) is 4.00. The predicted molar refractivity (Wildman–Crippen MR) is 70.2 cm³/mol. The number of anilines is 1. The topological polar surface area (TPSA) is 72.9 Å². The van der Waals surface area contributed by atoms with Gasteiger partial charge in [0.25, 0.3) is 5.56 Å². The van der Waals surface area contributed by atoms with Crippen molar-refractivity contribution in [1.82, 2.24) is 9.55 Å². The molecule has 0 bridgehead atoms. The standard InChI is InChI=1S/C12H22N4O/c1-2-16-10-9-15-11(12(16)17)14-8-6-4-3-5-7-13/h9-10H,2-8,13H2,1H3,(H,14,15). The van der Waals surface area contributed by atoms with Crippen molar-refractivity contribution in [3.63, 3.8) is 0 Å². The van der Waals surface area contributed by atoms with Gasteiger partial charge in [-0.25, -0.2) is 4.98 Å². The van der Waals surface area contributed by atoms with Crippen LogP contribution >= 0.6 is 0 Å². The summed E-state index contributed by atoms with van der Waals surface area (Å²) >= 11 is 0. The largest absolute Gasteiger partial charge is 0.365 e. The quantitative estimate of drug-likeness (QED) is 0.667. The summed E-state index contributed by atoms with van der Waals surface area (Å²) in [7, 11) is 0. The smallest absolute Gasteiger partial charge is 0.293 e.